The summed E-state index contributed by atoms with van der Waals surface area (Å²) in [7, 11) is 0. The standard InChI is InChI=1S/C17H17ClN2O3/c18-13-5-3-12(4-6-13)10-20-16(21)15-2-1-8-19-17(15)23-14-7-9-22-11-14/h1-6,8,14H,7,9-11H2,(H,20,21). The third-order valence-electron chi connectivity index (χ3n) is 3.55. The van der Waals surface area contributed by atoms with Crippen molar-refractivity contribution in [3.8, 4) is 5.88 Å². The highest BCUT2D eigenvalue weighted by Crippen LogP contribution is 2.19. The Hall–Kier alpha value is -2.11. The van der Waals surface area contributed by atoms with Gasteiger partial charge in [0.25, 0.3) is 5.91 Å². The molecule has 1 aliphatic rings. The fourth-order valence-electron chi connectivity index (χ4n) is 2.30. The number of hydrogen-bond acceptors (Lipinski definition) is 4. The smallest absolute Gasteiger partial charge is 0.257 e. The van der Waals surface area contributed by atoms with E-state index >= 15 is 0 Å². The number of hydrogen-bond donors (Lipinski definition) is 1. The molecule has 0 aliphatic carbocycles. The lowest BCUT2D eigenvalue weighted by atomic mass is 10.2. The molecule has 0 saturated carbocycles. The van der Waals surface area contributed by atoms with E-state index in [1.807, 2.05) is 12.1 Å². The highest BCUT2D eigenvalue weighted by atomic mass is 35.5. The van der Waals surface area contributed by atoms with E-state index < -0.39 is 0 Å². The maximum absolute atomic E-state index is 12.4. The number of carbonyl (C=O) groups excluding carboxylic acids is 1. The Morgan fingerprint density at radius 2 is 2.17 bits per heavy atom. The molecule has 1 atom stereocenters. The normalized spacial score (nSPS) is 17.0. The van der Waals surface area contributed by atoms with Gasteiger partial charge in [0.2, 0.25) is 5.88 Å². The average Bonchev–Trinajstić information content (AvgIpc) is 3.07. The van der Waals surface area contributed by atoms with Gasteiger partial charge in [-0.05, 0) is 29.8 Å². The van der Waals surface area contributed by atoms with Crippen LogP contribution in [0.1, 0.15) is 22.3 Å². The van der Waals surface area contributed by atoms with Crippen molar-refractivity contribution in [1.29, 1.82) is 0 Å². The van der Waals surface area contributed by atoms with Gasteiger partial charge in [0.05, 0.1) is 13.2 Å². The molecule has 1 amide bonds. The summed E-state index contributed by atoms with van der Waals surface area (Å²) in [4.78, 5) is 16.6. The Kier molecular flexibility index (Phi) is 5.10. The number of nitrogens with zero attached hydrogens (tertiary/aromatic N) is 1. The first-order chi connectivity index (χ1) is 11.2. The fraction of sp³-hybridized carbons (Fsp3) is 0.294. The zero-order valence-electron chi connectivity index (χ0n) is 12.5. The van der Waals surface area contributed by atoms with E-state index in [1.54, 1.807) is 30.5 Å². The summed E-state index contributed by atoms with van der Waals surface area (Å²) >= 11 is 5.85. The number of ether oxygens (including phenoxy) is 2. The van der Waals surface area contributed by atoms with E-state index in [4.69, 9.17) is 21.1 Å². The molecule has 120 valence electrons. The lowest BCUT2D eigenvalue weighted by Crippen LogP contribution is -2.25. The summed E-state index contributed by atoms with van der Waals surface area (Å²) in [5.41, 5.74) is 1.40. The van der Waals surface area contributed by atoms with Crippen molar-refractivity contribution in [2.75, 3.05) is 13.2 Å². The predicted octanol–water partition coefficient (Wildman–Crippen LogP) is 2.83. The second-order valence-electron chi connectivity index (χ2n) is 5.27. The number of pyridine rings is 1. The quantitative estimate of drug-likeness (QED) is 0.914. The van der Waals surface area contributed by atoms with Gasteiger partial charge in [-0.1, -0.05) is 23.7 Å². The lowest BCUT2D eigenvalue weighted by Gasteiger charge is -2.14. The van der Waals surface area contributed by atoms with Crippen LogP contribution in [0, 0.1) is 0 Å². The molecule has 2 heterocycles. The second kappa shape index (κ2) is 7.44. The molecule has 6 heteroatoms. The highest BCUT2D eigenvalue weighted by molar-refractivity contribution is 6.30. The number of aromatic nitrogens is 1. The Morgan fingerprint density at radius 1 is 1.35 bits per heavy atom. The Labute approximate surface area is 139 Å². The fourth-order valence-corrected chi connectivity index (χ4v) is 2.43. The minimum atomic E-state index is -0.220. The highest BCUT2D eigenvalue weighted by Gasteiger charge is 2.21. The summed E-state index contributed by atoms with van der Waals surface area (Å²) in [5, 5.41) is 3.54. The van der Waals surface area contributed by atoms with Gasteiger partial charge in [0.15, 0.2) is 0 Å². The summed E-state index contributed by atoms with van der Waals surface area (Å²) < 4.78 is 11.1. The van der Waals surface area contributed by atoms with E-state index in [0.29, 0.717) is 36.2 Å². The minimum Gasteiger partial charge on any atom is -0.471 e. The van der Waals surface area contributed by atoms with Crippen molar-refractivity contribution in [1.82, 2.24) is 10.3 Å². The van der Waals surface area contributed by atoms with E-state index in [1.165, 1.54) is 0 Å². The van der Waals surface area contributed by atoms with Crippen LogP contribution in [-0.2, 0) is 11.3 Å². The van der Waals surface area contributed by atoms with E-state index in [0.717, 1.165) is 12.0 Å². The molecule has 1 saturated heterocycles. The largest absolute Gasteiger partial charge is 0.471 e. The zero-order valence-corrected chi connectivity index (χ0v) is 13.3. The van der Waals surface area contributed by atoms with Crippen LogP contribution in [0.5, 0.6) is 5.88 Å². The molecule has 0 spiro atoms. The van der Waals surface area contributed by atoms with Crippen LogP contribution < -0.4 is 10.1 Å². The molecule has 1 N–H and O–H groups in total. The van der Waals surface area contributed by atoms with Crippen LogP contribution in [-0.4, -0.2) is 30.2 Å². The molecule has 5 nitrogen and oxygen atoms in total. The van der Waals surface area contributed by atoms with Crippen LogP contribution >= 0.6 is 11.6 Å². The molecule has 0 bridgehead atoms. The molecule has 1 aromatic carbocycles. The molecule has 2 aromatic rings. The molecule has 1 fully saturated rings. The van der Waals surface area contributed by atoms with Crippen molar-refractivity contribution in [2.24, 2.45) is 0 Å². The second-order valence-corrected chi connectivity index (χ2v) is 5.71. The van der Waals surface area contributed by atoms with Crippen molar-refractivity contribution in [3.63, 3.8) is 0 Å². The molecule has 1 aromatic heterocycles. The van der Waals surface area contributed by atoms with Gasteiger partial charge < -0.3 is 14.8 Å². The molecule has 23 heavy (non-hydrogen) atoms. The van der Waals surface area contributed by atoms with Crippen molar-refractivity contribution < 1.29 is 14.3 Å². The third-order valence-corrected chi connectivity index (χ3v) is 3.80. The van der Waals surface area contributed by atoms with Crippen molar-refractivity contribution in [2.45, 2.75) is 19.1 Å². The van der Waals surface area contributed by atoms with Gasteiger partial charge in [0, 0.05) is 24.2 Å². The number of amides is 1. The Morgan fingerprint density at radius 3 is 2.91 bits per heavy atom. The minimum absolute atomic E-state index is 0.0484. The van der Waals surface area contributed by atoms with Gasteiger partial charge in [-0.25, -0.2) is 4.98 Å². The van der Waals surface area contributed by atoms with Crippen LogP contribution in [0.15, 0.2) is 42.6 Å². The number of carbonyl (C=O) groups is 1. The molecular weight excluding hydrogens is 316 g/mol. The van der Waals surface area contributed by atoms with Gasteiger partial charge in [0.1, 0.15) is 11.7 Å². The summed E-state index contributed by atoms with van der Waals surface area (Å²) in [6, 6.07) is 10.8. The Balaban J connectivity index is 1.65. The van der Waals surface area contributed by atoms with E-state index in [-0.39, 0.29) is 12.0 Å². The monoisotopic (exact) mass is 332 g/mol. The predicted molar refractivity (Wildman–Crippen MR) is 86.7 cm³/mol. The maximum Gasteiger partial charge on any atom is 0.257 e. The first kappa shape index (κ1) is 15.8. The summed E-state index contributed by atoms with van der Waals surface area (Å²) in [5.74, 6) is 0.124. The summed E-state index contributed by atoms with van der Waals surface area (Å²) in [6.07, 6.45) is 2.37. The molecule has 3 rings (SSSR count). The third kappa shape index (κ3) is 4.21. The number of nitrogens with one attached hydrogen (secondary N) is 1. The molecule has 1 aliphatic heterocycles. The summed E-state index contributed by atoms with van der Waals surface area (Å²) in [6.45, 7) is 1.62. The van der Waals surface area contributed by atoms with E-state index in [2.05, 4.69) is 10.3 Å². The molecule has 0 radical (unpaired) electrons. The number of halogens is 1. The van der Waals surface area contributed by atoms with Gasteiger partial charge >= 0.3 is 0 Å². The van der Waals surface area contributed by atoms with Gasteiger partial charge in [-0.15, -0.1) is 0 Å². The van der Waals surface area contributed by atoms with Crippen molar-refractivity contribution in [3.05, 3.63) is 58.7 Å². The molecular formula is C17H17ClN2O3. The topological polar surface area (TPSA) is 60.5 Å². The molecule has 1 unspecified atom stereocenters. The van der Waals surface area contributed by atoms with Gasteiger partial charge in [-0.2, -0.15) is 0 Å². The SMILES string of the molecule is O=C(NCc1ccc(Cl)cc1)c1cccnc1OC1CCOC1. The van der Waals surface area contributed by atoms with Crippen LogP contribution in [0.3, 0.4) is 0 Å². The zero-order chi connectivity index (χ0) is 16.1. The van der Waals surface area contributed by atoms with Crippen LogP contribution in [0.2, 0.25) is 5.02 Å². The number of benzene rings is 1. The lowest BCUT2D eigenvalue weighted by molar-refractivity contribution is 0.0937. The van der Waals surface area contributed by atoms with Crippen LogP contribution in [0.4, 0.5) is 0 Å². The van der Waals surface area contributed by atoms with Crippen LogP contribution in [0.25, 0.3) is 0 Å². The van der Waals surface area contributed by atoms with Crippen molar-refractivity contribution >= 4 is 17.5 Å². The first-order valence-corrected chi connectivity index (χ1v) is 7.82. The Bertz CT molecular complexity index is 670. The average molecular weight is 333 g/mol. The van der Waals surface area contributed by atoms with E-state index in [9.17, 15) is 4.79 Å². The first-order valence-electron chi connectivity index (χ1n) is 7.44. The maximum atomic E-state index is 12.4. The number of rotatable bonds is 5. The van der Waals surface area contributed by atoms with Gasteiger partial charge in [-0.3, -0.25) is 4.79 Å².